The number of rotatable bonds is 3. The molecule has 4 rings (SSSR count). The van der Waals surface area contributed by atoms with Crippen LogP contribution in [0.1, 0.15) is 5.56 Å². The van der Waals surface area contributed by atoms with Crippen LogP contribution in [0.3, 0.4) is 0 Å². The molecule has 118 valence electrons. The van der Waals surface area contributed by atoms with E-state index in [1.807, 2.05) is 18.2 Å². The van der Waals surface area contributed by atoms with Gasteiger partial charge in [0.1, 0.15) is 5.75 Å². The van der Waals surface area contributed by atoms with Crippen molar-refractivity contribution in [3.05, 3.63) is 78.4 Å². The van der Waals surface area contributed by atoms with Crippen molar-refractivity contribution >= 4 is 10.9 Å². The first-order chi connectivity index (χ1) is 11.8. The smallest absolute Gasteiger partial charge is 0.142 e. The van der Waals surface area contributed by atoms with Gasteiger partial charge in [-0.05, 0) is 29.7 Å². The van der Waals surface area contributed by atoms with Crippen molar-refractivity contribution in [2.24, 2.45) is 0 Å². The Kier molecular flexibility index (Phi) is 3.58. The summed E-state index contributed by atoms with van der Waals surface area (Å²) in [5.41, 5.74) is 7.03. The topological polar surface area (TPSA) is 25.0 Å². The molecule has 0 aliphatic heterocycles. The molecule has 1 N–H and O–H groups in total. The molecular weight excluding hydrogens is 294 g/mol. The highest BCUT2D eigenvalue weighted by Crippen LogP contribution is 2.42. The van der Waals surface area contributed by atoms with Crippen molar-refractivity contribution in [2.45, 2.75) is 6.92 Å². The third kappa shape index (κ3) is 2.28. The zero-order valence-corrected chi connectivity index (χ0v) is 13.8. The second kappa shape index (κ2) is 5.89. The van der Waals surface area contributed by atoms with E-state index in [2.05, 4.69) is 66.5 Å². The van der Waals surface area contributed by atoms with Crippen LogP contribution >= 0.6 is 0 Å². The number of aryl methyl sites for hydroxylation is 1. The molecule has 0 atom stereocenters. The van der Waals surface area contributed by atoms with E-state index in [-0.39, 0.29) is 0 Å². The summed E-state index contributed by atoms with van der Waals surface area (Å²) in [5, 5.41) is 1.22. The molecule has 0 spiro atoms. The first-order valence-electron chi connectivity index (χ1n) is 8.09. The van der Waals surface area contributed by atoms with E-state index in [0.29, 0.717) is 0 Å². The summed E-state index contributed by atoms with van der Waals surface area (Å²) < 4.78 is 5.59. The fraction of sp³-hybridized carbons (Fsp3) is 0.0909. The van der Waals surface area contributed by atoms with Crippen LogP contribution < -0.4 is 4.74 Å². The predicted octanol–water partition coefficient (Wildman–Crippen LogP) is 5.82. The van der Waals surface area contributed by atoms with Crippen LogP contribution in [-0.2, 0) is 0 Å². The van der Waals surface area contributed by atoms with Gasteiger partial charge in [0.25, 0.3) is 0 Å². The van der Waals surface area contributed by atoms with E-state index >= 15 is 0 Å². The monoisotopic (exact) mass is 313 g/mol. The lowest BCUT2D eigenvalue weighted by Crippen LogP contribution is -1.86. The molecule has 1 heterocycles. The lowest BCUT2D eigenvalue weighted by molar-refractivity contribution is 0.419. The summed E-state index contributed by atoms with van der Waals surface area (Å²) in [4.78, 5) is 3.61. The highest BCUT2D eigenvalue weighted by Gasteiger charge is 2.18. The SMILES string of the molecule is COc1ccc(C)c2c(-c3ccccc3)c(-c3ccccc3)[nH]c12. The number of aromatic nitrogens is 1. The fourth-order valence-electron chi connectivity index (χ4n) is 3.33. The van der Waals surface area contributed by atoms with Crippen molar-refractivity contribution in [3.8, 4) is 28.1 Å². The number of benzene rings is 3. The van der Waals surface area contributed by atoms with Crippen LogP contribution in [0.15, 0.2) is 72.8 Å². The van der Waals surface area contributed by atoms with Gasteiger partial charge in [0.15, 0.2) is 0 Å². The Balaban J connectivity index is 2.14. The van der Waals surface area contributed by atoms with Crippen LogP contribution in [0.4, 0.5) is 0 Å². The number of H-pyrrole nitrogens is 1. The minimum absolute atomic E-state index is 0.870. The lowest BCUT2D eigenvalue weighted by atomic mass is 9.96. The first-order valence-corrected chi connectivity index (χ1v) is 8.09. The molecule has 24 heavy (non-hydrogen) atoms. The molecular formula is C22H19NO. The molecule has 2 heteroatoms. The van der Waals surface area contributed by atoms with Gasteiger partial charge in [-0.2, -0.15) is 0 Å². The number of aromatic amines is 1. The van der Waals surface area contributed by atoms with Gasteiger partial charge in [0, 0.05) is 10.9 Å². The van der Waals surface area contributed by atoms with Crippen molar-refractivity contribution < 1.29 is 4.74 Å². The predicted molar refractivity (Wildman–Crippen MR) is 100 cm³/mol. The van der Waals surface area contributed by atoms with Crippen LogP contribution in [0.25, 0.3) is 33.3 Å². The third-order valence-electron chi connectivity index (χ3n) is 4.47. The molecule has 0 amide bonds. The Hall–Kier alpha value is -3.00. The van der Waals surface area contributed by atoms with Gasteiger partial charge in [-0.25, -0.2) is 0 Å². The number of nitrogens with one attached hydrogen (secondary N) is 1. The molecule has 0 unspecified atom stereocenters. The first kappa shape index (κ1) is 14.6. The maximum atomic E-state index is 5.59. The maximum absolute atomic E-state index is 5.59. The minimum Gasteiger partial charge on any atom is -0.495 e. The molecule has 0 radical (unpaired) electrons. The van der Waals surface area contributed by atoms with Gasteiger partial charge in [-0.15, -0.1) is 0 Å². The zero-order chi connectivity index (χ0) is 16.5. The van der Waals surface area contributed by atoms with E-state index < -0.39 is 0 Å². The highest BCUT2D eigenvalue weighted by atomic mass is 16.5. The molecule has 2 nitrogen and oxygen atoms in total. The van der Waals surface area contributed by atoms with Crippen molar-refractivity contribution in [1.29, 1.82) is 0 Å². The van der Waals surface area contributed by atoms with Crippen LogP contribution in [0.2, 0.25) is 0 Å². The van der Waals surface area contributed by atoms with Crippen molar-refractivity contribution in [3.63, 3.8) is 0 Å². The summed E-state index contributed by atoms with van der Waals surface area (Å²) in [7, 11) is 1.72. The lowest BCUT2D eigenvalue weighted by Gasteiger charge is -2.07. The van der Waals surface area contributed by atoms with Crippen LogP contribution in [-0.4, -0.2) is 12.1 Å². The normalized spacial score (nSPS) is 10.9. The Labute approximate surface area is 141 Å². The second-order valence-corrected chi connectivity index (χ2v) is 5.94. The zero-order valence-electron chi connectivity index (χ0n) is 13.8. The van der Waals surface area contributed by atoms with Gasteiger partial charge in [0.05, 0.1) is 18.3 Å². The number of fused-ring (bicyclic) bond motifs is 1. The number of hydrogen-bond acceptors (Lipinski definition) is 1. The second-order valence-electron chi connectivity index (χ2n) is 5.94. The average Bonchev–Trinajstić information content (AvgIpc) is 3.05. The molecule has 3 aromatic carbocycles. The minimum atomic E-state index is 0.870. The van der Waals surface area contributed by atoms with E-state index in [4.69, 9.17) is 4.74 Å². The summed E-state index contributed by atoms with van der Waals surface area (Å²) in [6.07, 6.45) is 0. The van der Waals surface area contributed by atoms with Gasteiger partial charge >= 0.3 is 0 Å². The van der Waals surface area contributed by atoms with Crippen LogP contribution in [0, 0.1) is 6.92 Å². The molecule has 4 aromatic rings. The third-order valence-corrected chi connectivity index (χ3v) is 4.47. The molecule has 0 bridgehead atoms. The quantitative estimate of drug-likeness (QED) is 0.506. The van der Waals surface area contributed by atoms with E-state index in [1.54, 1.807) is 7.11 Å². The van der Waals surface area contributed by atoms with E-state index in [1.165, 1.54) is 27.6 Å². The average molecular weight is 313 g/mol. The molecule has 0 saturated carbocycles. The molecule has 0 fully saturated rings. The van der Waals surface area contributed by atoms with Crippen LogP contribution in [0.5, 0.6) is 5.75 Å². The van der Waals surface area contributed by atoms with E-state index in [0.717, 1.165) is 17.0 Å². The summed E-state index contributed by atoms with van der Waals surface area (Å²) in [6.45, 7) is 2.15. The van der Waals surface area contributed by atoms with Crippen molar-refractivity contribution in [1.82, 2.24) is 4.98 Å². The summed E-state index contributed by atoms with van der Waals surface area (Å²) in [5.74, 6) is 0.870. The summed E-state index contributed by atoms with van der Waals surface area (Å²) >= 11 is 0. The number of hydrogen-bond donors (Lipinski definition) is 1. The van der Waals surface area contributed by atoms with E-state index in [9.17, 15) is 0 Å². The molecule has 0 aliphatic rings. The number of ether oxygens (including phenoxy) is 1. The maximum Gasteiger partial charge on any atom is 0.142 e. The largest absolute Gasteiger partial charge is 0.495 e. The van der Waals surface area contributed by atoms with Crippen molar-refractivity contribution in [2.75, 3.05) is 7.11 Å². The summed E-state index contributed by atoms with van der Waals surface area (Å²) in [6, 6.07) is 25.1. The number of methoxy groups -OCH3 is 1. The Morgan fingerprint density at radius 2 is 1.38 bits per heavy atom. The van der Waals surface area contributed by atoms with Gasteiger partial charge in [-0.1, -0.05) is 66.7 Å². The van der Waals surface area contributed by atoms with Gasteiger partial charge < -0.3 is 9.72 Å². The molecule has 0 aliphatic carbocycles. The van der Waals surface area contributed by atoms with Gasteiger partial charge in [0.2, 0.25) is 0 Å². The Bertz CT molecular complexity index is 985. The Morgan fingerprint density at radius 1 is 0.750 bits per heavy atom. The Morgan fingerprint density at radius 3 is 2.00 bits per heavy atom. The fourth-order valence-corrected chi connectivity index (χ4v) is 3.33. The standard InChI is InChI=1S/C22H19NO/c1-15-13-14-18(24-2)22-19(15)20(16-9-5-3-6-10-16)21(23-22)17-11-7-4-8-12-17/h3-14,23H,1-2H3. The van der Waals surface area contributed by atoms with Gasteiger partial charge in [-0.3, -0.25) is 0 Å². The molecule has 0 saturated heterocycles. The highest BCUT2D eigenvalue weighted by molar-refractivity contribution is 6.07. The molecule has 1 aromatic heterocycles.